The minimum atomic E-state index is 0.481. The molecular formula is C13H18INO. The summed E-state index contributed by atoms with van der Waals surface area (Å²) in [5.74, 6) is 0.901. The molecule has 0 unspecified atom stereocenters. The summed E-state index contributed by atoms with van der Waals surface area (Å²) in [6, 6.07) is 8.50. The molecule has 0 saturated carbocycles. The first kappa shape index (κ1) is 13.5. The van der Waals surface area contributed by atoms with Crippen LogP contribution in [0.15, 0.2) is 36.4 Å². The van der Waals surface area contributed by atoms with E-state index >= 15 is 0 Å². The molecule has 0 heterocycles. The Morgan fingerprint density at radius 2 is 2.25 bits per heavy atom. The van der Waals surface area contributed by atoms with Gasteiger partial charge in [-0.3, -0.25) is 0 Å². The van der Waals surface area contributed by atoms with Crippen molar-refractivity contribution < 1.29 is 4.74 Å². The van der Waals surface area contributed by atoms with E-state index in [0.717, 1.165) is 17.9 Å². The summed E-state index contributed by atoms with van der Waals surface area (Å²) in [6.07, 6.45) is 0. The highest BCUT2D eigenvalue weighted by Gasteiger charge is 1.99. The Hall–Kier alpha value is -0.550. The molecule has 0 fully saturated rings. The average molecular weight is 331 g/mol. The molecule has 0 atom stereocenters. The van der Waals surface area contributed by atoms with Crippen molar-refractivity contribution in [1.29, 1.82) is 0 Å². The monoisotopic (exact) mass is 331 g/mol. The van der Waals surface area contributed by atoms with Crippen molar-refractivity contribution in [2.75, 3.05) is 13.2 Å². The molecule has 1 rings (SSSR count). The molecule has 1 aromatic carbocycles. The van der Waals surface area contributed by atoms with Gasteiger partial charge in [-0.1, -0.05) is 26.5 Å². The van der Waals surface area contributed by atoms with Gasteiger partial charge in [0.1, 0.15) is 12.4 Å². The third-order valence-electron chi connectivity index (χ3n) is 2.00. The summed E-state index contributed by atoms with van der Waals surface area (Å²) in [7, 11) is 0. The molecule has 0 aliphatic carbocycles. The highest BCUT2D eigenvalue weighted by Crippen LogP contribution is 2.15. The van der Waals surface area contributed by atoms with Crippen molar-refractivity contribution in [1.82, 2.24) is 5.32 Å². The number of halogens is 1. The largest absolute Gasteiger partial charge is 0.489 e. The molecule has 16 heavy (non-hydrogen) atoms. The van der Waals surface area contributed by atoms with Crippen LogP contribution in [0.4, 0.5) is 0 Å². The van der Waals surface area contributed by atoms with E-state index in [1.165, 1.54) is 3.57 Å². The normalized spacial score (nSPS) is 10.5. The van der Waals surface area contributed by atoms with E-state index in [1.54, 1.807) is 0 Å². The van der Waals surface area contributed by atoms with Crippen LogP contribution in [0.5, 0.6) is 5.75 Å². The van der Waals surface area contributed by atoms with Crippen LogP contribution in [0.2, 0.25) is 0 Å². The molecule has 1 aromatic rings. The van der Waals surface area contributed by atoms with Crippen LogP contribution in [-0.4, -0.2) is 19.2 Å². The summed E-state index contributed by atoms with van der Waals surface area (Å²) >= 11 is 2.27. The highest BCUT2D eigenvalue weighted by atomic mass is 127. The van der Waals surface area contributed by atoms with Crippen molar-refractivity contribution in [2.45, 2.75) is 19.9 Å². The third kappa shape index (κ3) is 5.51. The van der Waals surface area contributed by atoms with Gasteiger partial charge in [-0.2, -0.15) is 0 Å². The first-order valence-corrected chi connectivity index (χ1v) is 6.44. The van der Waals surface area contributed by atoms with E-state index in [-0.39, 0.29) is 0 Å². The highest BCUT2D eigenvalue weighted by molar-refractivity contribution is 14.1. The maximum atomic E-state index is 5.64. The van der Waals surface area contributed by atoms with Crippen LogP contribution in [0.1, 0.15) is 13.8 Å². The predicted molar refractivity (Wildman–Crippen MR) is 76.9 cm³/mol. The maximum absolute atomic E-state index is 5.64. The third-order valence-corrected chi connectivity index (χ3v) is 2.67. The summed E-state index contributed by atoms with van der Waals surface area (Å²) in [4.78, 5) is 0. The Kier molecular flexibility index (Phi) is 5.84. The van der Waals surface area contributed by atoms with Gasteiger partial charge in [-0.25, -0.2) is 0 Å². The van der Waals surface area contributed by atoms with Gasteiger partial charge in [0.05, 0.1) is 0 Å². The Balaban J connectivity index is 2.31. The Bertz CT molecular complexity index is 350. The van der Waals surface area contributed by atoms with E-state index in [4.69, 9.17) is 4.74 Å². The van der Waals surface area contributed by atoms with E-state index in [1.807, 2.05) is 24.3 Å². The molecule has 0 aliphatic rings. The fourth-order valence-corrected chi connectivity index (χ4v) is 1.66. The second-order valence-electron chi connectivity index (χ2n) is 4.03. The number of hydrogen-bond acceptors (Lipinski definition) is 2. The lowest BCUT2D eigenvalue weighted by Crippen LogP contribution is -2.26. The minimum absolute atomic E-state index is 0.481. The lowest BCUT2D eigenvalue weighted by Gasteiger charge is -2.11. The molecule has 0 radical (unpaired) electrons. The lowest BCUT2D eigenvalue weighted by atomic mass is 10.3. The molecule has 88 valence electrons. The lowest BCUT2D eigenvalue weighted by molar-refractivity contribution is 0.347. The number of hydrogen-bond donors (Lipinski definition) is 1. The van der Waals surface area contributed by atoms with Crippen LogP contribution in [0.25, 0.3) is 0 Å². The van der Waals surface area contributed by atoms with Gasteiger partial charge in [0.25, 0.3) is 0 Å². The van der Waals surface area contributed by atoms with Crippen molar-refractivity contribution >= 4 is 22.6 Å². The SMILES string of the molecule is C=C(CNC(C)C)COc1cccc(I)c1. The molecule has 0 aromatic heterocycles. The van der Waals surface area contributed by atoms with Crippen LogP contribution in [0, 0.1) is 3.57 Å². The van der Waals surface area contributed by atoms with Crippen molar-refractivity contribution in [3.63, 3.8) is 0 Å². The zero-order chi connectivity index (χ0) is 12.0. The number of benzene rings is 1. The van der Waals surface area contributed by atoms with Gasteiger partial charge in [0.15, 0.2) is 0 Å². The molecule has 2 nitrogen and oxygen atoms in total. The van der Waals surface area contributed by atoms with E-state index in [9.17, 15) is 0 Å². The number of nitrogens with one attached hydrogen (secondary N) is 1. The zero-order valence-electron chi connectivity index (χ0n) is 9.79. The van der Waals surface area contributed by atoms with Crippen LogP contribution in [-0.2, 0) is 0 Å². The maximum Gasteiger partial charge on any atom is 0.120 e. The standard InChI is InChI=1S/C13H18INO/c1-10(2)15-8-11(3)9-16-13-6-4-5-12(14)7-13/h4-7,10,15H,3,8-9H2,1-2H3. The Morgan fingerprint density at radius 1 is 1.50 bits per heavy atom. The van der Waals surface area contributed by atoms with Gasteiger partial charge in [0.2, 0.25) is 0 Å². The predicted octanol–water partition coefficient (Wildman–Crippen LogP) is 3.22. The summed E-state index contributed by atoms with van der Waals surface area (Å²) < 4.78 is 6.82. The van der Waals surface area contributed by atoms with Crippen LogP contribution >= 0.6 is 22.6 Å². The smallest absolute Gasteiger partial charge is 0.120 e. The molecule has 0 bridgehead atoms. The molecular weight excluding hydrogens is 313 g/mol. The second-order valence-corrected chi connectivity index (χ2v) is 5.28. The van der Waals surface area contributed by atoms with Crippen LogP contribution < -0.4 is 10.1 Å². The average Bonchev–Trinajstić information content (AvgIpc) is 2.23. The summed E-state index contributed by atoms with van der Waals surface area (Å²) in [5, 5.41) is 3.31. The molecule has 0 aliphatic heterocycles. The van der Waals surface area contributed by atoms with Gasteiger partial charge in [0, 0.05) is 16.2 Å². The number of ether oxygens (including phenoxy) is 1. The quantitative estimate of drug-likeness (QED) is 0.638. The molecule has 1 N–H and O–H groups in total. The topological polar surface area (TPSA) is 21.3 Å². The molecule has 3 heteroatoms. The van der Waals surface area contributed by atoms with Crippen LogP contribution in [0.3, 0.4) is 0 Å². The minimum Gasteiger partial charge on any atom is -0.489 e. The Morgan fingerprint density at radius 3 is 2.88 bits per heavy atom. The van der Waals surface area contributed by atoms with Gasteiger partial charge in [-0.05, 0) is 46.4 Å². The van der Waals surface area contributed by atoms with Gasteiger partial charge >= 0.3 is 0 Å². The van der Waals surface area contributed by atoms with E-state index in [0.29, 0.717) is 12.6 Å². The van der Waals surface area contributed by atoms with E-state index in [2.05, 4.69) is 48.3 Å². The fraction of sp³-hybridized carbons (Fsp3) is 0.385. The van der Waals surface area contributed by atoms with Gasteiger partial charge in [-0.15, -0.1) is 0 Å². The first-order valence-electron chi connectivity index (χ1n) is 5.36. The summed E-state index contributed by atoms with van der Waals surface area (Å²) in [5.41, 5.74) is 1.06. The van der Waals surface area contributed by atoms with Crippen molar-refractivity contribution in [2.24, 2.45) is 0 Å². The molecule has 0 amide bonds. The van der Waals surface area contributed by atoms with Gasteiger partial charge < -0.3 is 10.1 Å². The molecule has 0 spiro atoms. The first-order chi connectivity index (χ1) is 7.58. The van der Waals surface area contributed by atoms with Crippen molar-refractivity contribution in [3.8, 4) is 5.75 Å². The molecule has 0 saturated heterocycles. The van der Waals surface area contributed by atoms with Crippen molar-refractivity contribution in [3.05, 3.63) is 40.0 Å². The Labute approximate surface area is 111 Å². The zero-order valence-corrected chi connectivity index (χ0v) is 12.0. The number of rotatable bonds is 6. The van der Waals surface area contributed by atoms with E-state index < -0.39 is 0 Å². The second kappa shape index (κ2) is 6.91. The fourth-order valence-electron chi connectivity index (χ4n) is 1.14. The summed E-state index contributed by atoms with van der Waals surface area (Å²) in [6.45, 7) is 9.59.